The monoisotopic (exact) mass is 374 g/mol. The third-order valence-corrected chi connectivity index (χ3v) is 4.79. The van der Waals surface area contributed by atoms with Crippen LogP contribution in [0.1, 0.15) is 31.5 Å². The Balaban J connectivity index is 0.000000827. The molecular formula is C18H29KN3OS-. The molecule has 0 N–H and O–H groups in total. The van der Waals surface area contributed by atoms with Crippen molar-refractivity contribution in [2.75, 3.05) is 31.2 Å². The van der Waals surface area contributed by atoms with Crippen LogP contribution in [-0.4, -0.2) is 36.3 Å². The van der Waals surface area contributed by atoms with E-state index in [0.717, 1.165) is 49.9 Å². The second-order valence-electron chi connectivity index (χ2n) is 6.01. The van der Waals surface area contributed by atoms with E-state index < -0.39 is 0 Å². The summed E-state index contributed by atoms with van der Waals surface area (Å²) in [5.74, 6) is 1.98. The van der Waals surface area contributed by atoms with E-state index in [4.69, 9.17) is 4.74 Å². The summed E-state index contributed by atoms with van der Waals surface area (Å²) in [7, 11) is 0. The summed E-state index contributed by atoms with van der Waals surface area (Å²) < 4.78 is 6.55. The maximum Gasteiger partial charge on any atom is 1.00 e. The molecule has 2 saturated heterocycles. The van der Waals surface area contributed by atoms with Crippen molar-refractivity contribution in [2.24, 2.45) is 5.41 Å². The smallest absolute Gasteiger partial charge is 0.380 e. The van der Waals surface area contributed by atoms with Crippen molar-refractivity contribution in [1.29, 1.82) is 0 Å². The third kappa shape index (κ3) is 4.78. The molecule has 0 aromatic carbocycles. The van der Waals surface area contributed by atoms with Gasteiger partial charge in [-0.3, -0.25) is 0 Å². The summed E-state index contributed by atoms with van der Waals surface area (Å²) in [4.78, 5) is 12.8. The molecule has 2 aromatic heterocycles. The number of aromatic nitrogens is 2. The minimum atomic E-state index is 0. The fourth-order valence-electron chi connectivity index (χ4n) is 2.85. The molecule has 4 rings (SSSR count). The fourth-order valence-corrected chi connectivity index (χ4v) is 3.82. The molecule has 0 bridgehead atoms. The molecule has 0 aliphatic carbocycles. The van der Waals surface area contributed by atoms with E-state index in [1.807, 2.05) is 13.8 Å². The third-order valence-electron chi connectivity index (χ3n) is 3.76. The Kier molecular flexibility index (Phi) is 10.1. The van der Waals surface area contributed by atoms with Crippen molar-refractivity contribution in [3.8, 4) is 0 Å². The van der Waals surface area contributed by atoms with Gasteiger partial charge in [-0.1, -0.05) is 14.4 Å². The van der Waals surface area contributed by atoms with Gasteiger partial charge in [-0.2, -0.15) is 6.42 Å². The number of rotatable bonds is 1. The molecule has 0 radical (unpaired) electrons. The number of nitrogens with zero attached hydrogens (tertiary/aromatic N) is 3. The van der Waals surface area contributed by atoms with Crippen molar-refractivity contribution in [3.05, 3.63) is 31.1 Å². The first kappa shape index (κ1) is 24.4. The predicted molar refractivity (Wildman–Crippen MR) is 101 cm³/mol. The van der Waals surface area contributed by atoms with Crippen molar-refractivity contribution in [2.45, 2.75) is 34.6 Å². The molecule has 2 aliphatic rings. The Bertz CT molecular complexity index is 647. The molecule has 0 unspecified atom stereocenters. The van der Waals surface area contributed by atoms with Crippen LogP contribution in [0.2, 0.25) is 0 Å². The molecule has 0 amide bonds. The Morgan fingerprint density at radius 3 is 2.38 bits per heavy atom. The molecular weight excluding hydrogens is 345 g/mol. The molecule has 2 aliphatic heterocycles. The van der Waals surface area contributed by atoms with Crippen molar-refractivity contribution >= 4 is 27.4 Å². The van der Waals surface area contributed by atoms with E-state index >= 15 is 0 Å². The van der Waals surface area contributed by atoms with E-state index in [1.54, 1.807) is 11.3 Å². The first-order chi connectivity index (χ1) is 10.1. The van der Waals surface area contributed by atoms with Gasteiger partial charge in [0.15, 0.2) is 0 Å². The summed E-state index contributed by atoms with van der Waals surface area (Å²) in [5, 5.41) is 0. The number of hydrogen-bond donors (Lipinski definition) is 0. The minimum absolute atomic E-state index is 0. The van der Waals surface area contributed by atoms with Crippen LogP contribution in [-0.2, 0) is 4.74 Å². The quantitative estimate of drug-likeness (QED) is 0.560. The number of anilines is 1. The van der Waals surface area contributed by atoms with Gasteiger partial charge in [0.25, 0.3) is 0 Å². The Morgan fingerprint density at radius 1 is 1.29 bits per heavy atom. The number of fused-ring (bicyclic) bond motifs is 1. The summed E-state index contributed by atoms with van der Waals surface area (Å²) in [6.07, 6.45) is 1.00. The number of ether oxygens (including phenoxy) is 1. The van der Waals surface area contributed by atoms with E-state index in [1.165, 1.54) is 9.58 Å². The van der Waals surface area contributed by atoms with E-state index in [2.05, 4.69) is 34.8 Å². The predicted octanol–water partition coefficient (Wildman–Crippen LogP) is 1.47. The van der Waals surface area contributed by atoms with Gasteiger partial charge in [0, 0.05) is 18.0 Å². The van der Waals surface area contributed by atoms with Crippen molar-refractivity contribution < 1.29 is 56.1 Å². The van der Waals surface area contributed by atoms with Gasteiger partial charge in [0.1, 0.15) is 11.6 Å². The first-order valence-electron chi connectivity index (χ1n) is 7.43. The maximum absolute atomic E-state index is 5.32. The average molecular weight is 375 g/mol. The standard InChI is InChI=1S/C13H15N3OS.C3H7.CH4.CH3.K/c1-8-3-10-11(18-8)12(15-9(2)14-10)16-4-13(5-16)6-17-7-13;1-3-2;;;/h3H,4-7H2,1-2H3;1,3H2,2H3;1H4;1H3;/q;-1;;-1;+1. The molecule has 24 heavy (non-hydrogen) atoms. The second kappa shape index (κ2) is 9.95. The van der Waals surface area contributed by atoms with Gasteiger partial charge < -0.3 is 24.0 Å². The molecule has 130 valence electrons. The summed E-state index contributed by atoms with van der Waals surface area (Å²) in [5.41, 5.74) is 1.52. The molecule has 1 spiro atoms. The van der Waals surface area contributed by atoms with Gasteiger partial charge in [0.05, 0.1) is 28.8 Å². The molecule has 2 fully saturated rings. The van der Waals surface area contributed by atoms with Gasteiger partial charge in [0.2, 0.25) is 0 Å². The molecule has 4 nitrogen and oxygen atoms in total. The molecule has 0 saturated carbocycles. The van der Waals surface area contributed by atoms with E-state index in [-0.39, 0.29) is 66.2 Å². The molecule has 4 heterocycles. The van der Waals surface area contributed by atoms with Gasteiger partial charge in [-0.25, -0.2) is 9.97 Å². The topological polar surface area (TPSA) is 38.2 Å². The van der Waals surface area contributed by atoms with Gasteiger partial charge in [-0.05, 0) is 19.9 Å². The van der Waals surface area contributed by atoms with Crippen LogP contribution in [0, 0.1) is 33.6 Å². The fraction of sp³-hybridized carbons (Fsp3) is 0.556. The second-order valence-corrected chi connectivity index (χ2v) is 7.27. The first-order valence-corrected chi connectivity index (χ1v) is 8.25. The maximum atomic E-state index is 5.32. The minimum Gasteiger partial charge on any atom is -0.380 e. The van der Waals surface area contributed by atoms with Crippen LogP contribution in [0.5, 0.6) is 0 Å². The van der Waals surface area contributed by atoms with Crippen LogP contribution in [0.25, 0.3) is 10.2 Å². The van der Waals surface area contributed by atoms with E-state index in [9.17, 15) is 0 Å². The summed E-state index contributed by atoms with van der Waals surface area (Å²) in [6, 6.07) is 2.15. The Labute approximate surface area is 193 Å². The number of hydrogen-bond acceptors (Lipinski definition) is 5. The van der Waals surface area contributed by atoms with Crippen LogP contribution in [0.4, 0.5) is 5.82 Å². The zero-order chi connectivity index (χ0) is 15.0. The van der Waals surface area contributed by atoms with Crippen LogP contribution < -0.4 is 56.3 Å². The number of thiophene rings is 1. The normalized spacial score (nSPS) is 16.6. The van der Waals surface area contributed by atoms with Crippen molar-refractivity contribution in [3.63, 3.8) is 0 Å². The van der Waals surface area contributed by atoms with Crippen LogP contribution >= 0.6 is 11.3 Å². The largest absolute Gasteiger partial charge is 1.00 e. The average Bonchev–Trinajstić information content (AvgIpc) is 2.66. The van der Waals surface area contributed by atoms with Gasteiger partial charge >= 0.3 is 51.4 Å². The Morgan fingerprint density at radius 2 is 1.88 bits per heavy atom. The molecule has 6 heteroatoms. The van der Waals surface area contributed by atoms with Crippen molar-refractivity contribution in [1.82, 2.24) is 9.97 Å². The van der Waals surface area contributed by atoms with Crippen LogP contribution in [0.3, 0.4) is 0 Å². The summed E-state index contributed by atoms with van der Waals surface area (Å²) in [6.45, 7) is 13.6. The molecule has 0 atom stereocenters. The Hall–Kier alpha value is 0.436. The zero-order valence-corrected chi connectivity index (χ0v) is 18.9. The SMILES string of the molecule is C.Cc1nc(N2CC3(COC3)C2)c2sc(C)cc2n1.[CH2-]CC.[CH3-].[K+]. The number of aryl methyl sites for hydroxylation is 2. The van der Waals surface area contributed by atoms with Crippen LogP contribution in [0.15, 0.2) is 6.07 Å². The van der Waals surface area contributed by atoms with E-state index in [0.29, 0.717) is 5.41 Å². The van der Waals surface area contributed by atoms with Gasteiger partial charge in [-0.15, -0.1) is 11.3 Å². The summed E-state index contributed by atoms with van der Waals surface area (Å²) >= 11 is 1.79. The zero-order valence-electron chi connectivity index (χ0n) is 15.0. The molecule has 2 aromatic rings.